The molecule has 0 radical (unpaired) electrons. The van der Waals surface area contributed by atoms with Gasteiger partial charge in [-0.15, -0.1) is 0 Å². The molecule has 0 bridgehead atoms. The second-order valence-electron chi connectivity index (χ2n) is 2.31. The first-order chi connectivity index (χ1) is 6.06. The zero-order chi connectivity index (χ0) is 10.0. The maximum atomic E-state index is 12.3. The summed E-state index contributed by atoms with van der Waals surface area (Å²) < 4.78 is 24.6. The van der Waals surface area contributed by atoms with E-state index < -0.39 is 12.1 Å². The van der Waals surface area contributed by atoms with E-state index in [1.807, 2.05) is 0 Å². The molecule has 0 amide bonds. The molecular formula is C7H6Cl2F2N2. The molecule has 0 saturated carbocycles. The minimum absolute atomic E-state index is 0.0381. The maximum absolute atomic E-state index is 12.3. The van der Waals surface area contributed by atoms with Gasteiger partial charge in [-0.05, 0) is 11.6 Å². The van der Waals surface area contributed by atoms with Gasteiger partial charge in [0.2, 0.25) is 0 Å². The van der Waals surface area contributed by atoms with Crippen LogP contribution in [-0.2, 0) is 6.54 Å². The summed E-state index contributed by atoms with van der Waals surface area (Å²) in [5.41, 5.74) is 5.04. The van der Waals surface area contributed by atoms with Gasteiger partial charge >= 0.3 is 0 Å². The Kier molecular flexibility index (Phi) is 3.41. The number of hydrogen-bond acceptors (Lipinski definition) is 2. The van der Waals surface area contributed by atoms with Crippen LogP contribution in [0.2, 0.25) is 10.2 Å². The summed E-state index contributed by atoms with van der Waals surface area (Å²) in [7, 11) is 0. The third-order valence-corrected chi connectivity index (χ3v) is 2.15. The van der Waals surface area contributed by atoms with E-state index in [-0.39, 0.29) is 22.3 Å². The number of halogens is 4. The SMILES string of the molecule is NCc1cc(Cl)c(Cl)nc1C(F)F. The molecular weight excluding hydrogens is 221 g/mol. The van der Waals surface area contributed by atoms with Crippen molar-refractivity contribution in [3.05, 3.63) is 27.5 Å². The highest BCUT2D eigenvalue weighted by Gasteiger charge is 2.16. The first kappa shape index (κ1) is 10.6. The summed E-state index contributed by atoms with van der Waals surface area (Å²) in [5.74, 6) is 0. The lowest BCUT2D eigenvalue weighted by Crippen LogP contribution is -2.04. The molecule has 0 aliphatic carbocycles. The molecule has 2 nitrogen and oxygen atoms in total. The van der Waals surface area contributed by atoms with Crippen LogP contribution in [0.3, 0.4) is 0 Å². The van der Waals surface area contributed by atoms with Crippen LogP contribution < -0.4 is 5.73 Å². The van der Waals surface area contributed by atoms with E-state index in [2.05, 4.69) is 4.98 Å². The van der Waals surface area contributed by atoms with Gasteiger partial charge in [-0.2, -0.15) is 0 Å². The lowest BCUT2D eigenvalue weighted by molar-refractivity contribution is 0.145. The van der Waals surface area contributed by atoms with E-state index in [1.165, 1.54) is 6.07 Å². The van der Waals surface area contributed by atoms with Gasteiger partial charge in [0.05, 0.1) is 5.02 Å². The van der Waals surface area contributed by atoms with Crippen LogP contribution in [0.15, 0.2) is 6.07 Å². The Morgan fingerprint density at radius 2 is 2.08 bits per heavy atom. The van der Waals surface area contributed by atoms with Crippen molar-refractivity contribution in [2.75, 3.05) is 0 Å². The molecule has 2 N–H and O–H groups in total. The largest absolute Gasteiger partial charge is 0.326 e. The van der Waals surface area contributed by atoms with Gasteiger partial charge < -0.3 is 5.73 Å². The minimum Gasteiger partial charge on any atom is -0.326 e. The third-order valence-electron chi connectivity index (χ3n) is 1.47. The summed E-state index contributed by atoms with van der Waals surface area (Å²) in [6.07, 6.45) is -2.69. The van der Waals surface area contributed by atoms with Crippen molar-refractivity contribution in [2.45, 2.75) is 13.0 Å². The number of nitrogens with zero attached hydrogens (tertiary/aromatic N) is 1. The van der Waals surface area contributed by atoms with Gasteiger partial charge in [0, 0.05) is 6.54 Å². The minimum atomic E-state index is -2.69. The van der Waals surface area contributed by atoms with Crippen LogP contribution in [0.25, 0.3) is 0 Å². The van der Waals surface area contributed by atoms with Crippen LogP contribution in [0, 0.1) is 0 Å². The molecule has 0 aromatic carbocycles. The van der Waals surface area contributed by atoms with Gasteiger partial charge in [-0.25, -0.2) is 13.8 Å². The van der Waals surface area contributed by atoms with Gasteiger partial charge in [0.15, 0.2) is 0 Å². The second kappa shape index (κ2) is 4.17. The molecule has 0 saturated heterocycles. The Morgan fingerprint density at radius 3 is 2.54 bits per heavy atom. The Balaban J connectivity index is 3.25. The third kappa shape index (κ3) is 2.27. The number of hydrogen-bond donors (Lipinski definition) is 1. The van der Waals surface area contributed by atoms with Gasteiger partial charge in [-0.1, -0.05) is 23.2 Å². The van der Waals surface area contributed by atoms with E-state index in [1.54, 1.807) is 0 Å². The molecule has 72 valence electrons. The van der Waals surface area contributed by atoms with Crippen LogP contribution in [-0.4, -0.2) is 4.98 Å². The van der Waals surface area contributed by atoms with Crippen LogP contribution in [0.5, 0.6) is 0 Å². The second-order valence-corrected chi connectivity index (χ2v) is 3.08. The van der Waals surface area contributed by atoms with Crippen molar-refractivity contribution in [2.24, 2.45) is 5.73 Å². The molecule has 1 aromatic heterocycles. The molecule has 0 unspecified atom stereocenters. The van der Waals surface area contributed by atoms with Crippen LogP contribution in [0.4, 0.5) is 8.78 Å². The first-order valence-electron chi connectivity index (χ1n) is 3.39. The molecule has 0 spiro atoms. The summed E-state index contributed by atoms with van der Waals surface area (Å²) in [6.45, 7) is -0.0381. The molecule has 6 heteroatoms. The van der Waals surface area contributed by atoms with Crippen molar-refractivity contribution in [3.8, 4) is 0 Å². The number of alkyl halides is 2. The smallest absolute Gasteiger partial charge is 0.280 e. The van der Waals surface area contributed by atoms with E-state index in [9.17, 15) is 8.78 Å². The number of aromatic nitrogens is 1. The van der Waals surface area contributed by atoms with E-state index >= 15 is 0 Å². The van der Waals surface area contributed by atoms with Gasteiger partial charge in [0.1, 0.15) is 10.8 Å². The topological polar surface area (TPSA) is 38.9 Å². The van der Waals surface area contributed by atoms with Crippen LogP contribution in [0.1, 0.15) is 17.7 Å². The molecule has 1 aromatic rings. The predicted octanol–water partition coefficient (Wildman–Crippen LogP) is 2.78. The predicted molar refractivity (Wildman–Crippen MR) is 47.1 cm³/mol. The molecule has 0 atom stereocenters. The fourth-order valence-corrected chi connectivity index (χ4v) is 1.19. The lowest BCUT2D eigenvalue weighted by atomic mass is 10.2. The monoisotopic (exact) mass is 226 g/mol. The maximum Gasteiger partial charge on any atom is 0.280 e. The molecule has 1 rings (SSSR count). The Bertz CT molecular complexity index is 318. The summed E-state index contributed by atoms with van der Waals surface area (Å²) in [5, 5.41) is 0.000633. The molecule has 0 fully saturated rings. The summed E-state index contributed by atoms with van der Waals surface area (Å²) in [6, 6.07) is 1.30. The molecule has 0 aliphatic heterocycles. The van der Waals surface area contributed by atoms with Crippen molar-refractivity contribution in [1.82, 2.24) is 4.98 Å². The highest BCUT2D eigenvalue weighted by atomic mass is 35.5. The van der Waals surface area contributed by atoms with E-state index in [0.29, 0.717) is 0 Å². The molecule has 0 aliphatic rings. The first-order valence-corrected chi connectivity index (χ1v) is 4.15. The Hall–Kier alpha value is -0.450. The average molecular weight is 227 g/mol. The summed E-state index contributed by atoms with van der Waals surface area (Å²) >= 11 is 11.0. The van der Waals surface area contributed by atoms with E-state index in [4.69, 9.17) is 28.9 Å². The lowest BCUT2D eigenvalue weighted by Gasteiger charge is -2.06. The Labute approximate surface area is 83.7 Å². The zero-order valence-corrected chi connectivity index (χ0v) is 7.91. The van der Waals surface area contributed by atoms with Gasteiger partial charge in [0.25, 0.3) is 6.43 Å². The highest BCUT2D eigenvalue weighted by Crippen LogP contribution is 2.27. The normalized spacial score (nSPS) is 10.9. The number of pyridine rings is 1. The van der Waals surface area contributed by atoms with Crippen molar-refractivity contribution < 1.29 is 8.78 Å². The number of rotatable bonds is 2. The fraction of sp³-hybridized carbons (Fsp3) is 0.286. The quantitative estimate of drug-likeness (QED) is 0.789. The van der Waals surface area contributed by atoms with Gasteiger partial charge in [-0.3, -0.25) is 0 Å². The average Bonchev–Trinajstić information content (AvgIpc) is 2.08. The molecule has 1 heterocycles. The van der Waals surface area contributed by atoms with Crippen LogP contribution >= 0.6 is 23.2 Å². The summed E-state index contributed by atoms with van der Waals surface area (Å²) in [4.78, 5) is 3.45. The highest BCUT2D eigenvalue weighted by molar-refractivity contribution is 6.41. The Morgan fingerprint density at radius 1 is 1.46 bits per heavy atom. The molecule has 13 heavy (non-hydrogen) atoms. The standard InChI is InChI=1S/C7H6Cl2F2N2/c8-4-1-3(2-12)5(7(10)11)13-6(4)9/h1,7H,2,12H2. The van der Waals surface area contributed by atoms with Crippen molar-refractivity contribution >= 4 is 23.2 Å². The zero-order valence-electron chi connectivity index (χ0n) is 6.40. The van der Waals surface area contributed by atoms with Crippen molar-refractivity contribution in [1.29, 1.82) is 0 Å². The van der Waals surface area contributed by atoms with Crippen molar-refractivity contribution in [3.63, 3.8) is 0 Å². The fourth-order valence-electron chi connectivity index (χ4n) is 0.870. The van der Waals surface area contributed by atoms with E-state index in [0.717, 1.165) is 0 Å². The number of nitrogens with two attached hydrogens (primary N) is 1.